The van der Waals surface area contributed by atoms with Crippen LogP contribution in [-0.4, -0.2) is 21.9 Å². The molecule has 1 aromatic carbocycles. The Morgan fingerprint density at radius 1 is 1.26 bits per heavy atom. The van der Waals surface area contributed by atoms with Crippen molar-refractivity contribution in [3.63, 3.8) is 0 Å². The first-order valence-electron chi connectivity index (χ1n) is 6.47. The maximum absolute atomic E-state index is 5.75. The van der Waals surface area contributed by atoms with E-state index in [4.69, 9.17) is 4.74 Å². The molecule has 0 aliphatic carbocycles. The molecule has 0 atom stereocenters. The number of aromatic nitrogens is 2. The Labute approximate surface area is 119 Å². The highest BCUT2D eigenvalue weighted by Gasteiger charge is 2.00. The van der Waals surface area contributed by atoms with Gasteiger partial charge in [0.2, 0.25) is 0 Å². The first kappa shape index (κ1) is 14.0. The van der Waals surface area contributed by atoms with Gasteiger partial charge in [-0.3, -0.25) is 0 Å². The molecule has 0 spiro atoms. The molecule has 3 nitrogen and oxygen atoms in total. The summed E-state index contributed by atoms with van der Waals surface area (Å²) in [5.41, 5.74) is 2.58. The number of ether oxygens (including phenoxy) is 1. The van der Waals surface area contributed by atoms with Crippen LogP contribution in [0.5, 0.6) is 5.75 Å². The minimum atomic E-state index is 0.750. The number of hydrogen-bond donors (Lipinski definition) is 0. The van der Waals surface area contributed by atoms with Gasteiger partial charge in [0.15, 0.2) is 5.16 Å². The number of imidazole rings is 1. The van der Waals surface area contributed by atoms with Crippen LogP contribution in [0.3, 0.4) is 0 Å². The van der Waals surface area contributed by atoms with E-state index in [1.54, 1.807) is 11.8 Å². The topological polar surface area (TPSA) is 27.1 Å². The van der Waals surface area contributed by atoms with Gasteiger partial charge in [0, 0.05) is 25.2 Å². The summed E-state index contributed by atoms with van der Waals surface area (Å²) in [5.74, 6) is 1.99. The molecule has 0 aliphatic heterocycles. The van der Waals surface area contributed by atoms with Gasteiger partial charge in [0.1, 0.15) is 5.75 Å². The van der Waals surface area contributed by atoms with Gasteiger partial charge in [-0.1, -0.05) is 17.8 Å². The molecule has 0 aliphatic rings. The molecular formula is C15H20N2OS. The SMILES string of the molecule is Cc1ccc(OCCCSc2nccn2C)cc1C. The molecular weight excluding hydrogens is 256 g/mol. The highest BCUT2D eigenvalue weighted by atomic mass is 32.2. The van der Waals surface area contributed by atoms with Gasteiger partial charge in [-0.2, -0.15) is 0 Å². The van der Waals surface area contributed by atoms with Crippen LogP contribution in [0.1, 0.15) is 17.5 Å². The molecule has 102 valence electrons. The average molecular weight is 276 g/mol. The zero-order chi connectivity index (χ0) is 13.7. The zero-order valence-electron chi connectivity index (χ0n) is 11.7. The third kappa shape index (κ3) is 4.03. The van der Waals surface area contributed by atoms with Crippen LogP contribution < -0.4 is 4.74 Å². The normalized spacial score (nSPS) is 10.7. The Kier molecular flexibility index (Phi) is 4.91. The predicted molar refractivity (Wildman–Crippen MR) is 80.0 cm³/mol. The van der Waals surface area contributed by atoms with Gasteiger partial charge in [0.25, 0.3) is 0 Å². The maximum atomic E-state index is 5.75. The molecule has 2 aromatic rings. The minimum absolute atomic E-state index is 0.750. The number of benzene rings is 1. The van der Waals surface area contributed by atoms with E-state index in [0.717, 1.165) is 29.7 Å². The molecule has 19 heavy (non-hydrogen) atoms. The van der Waals surface area contributed by atoms with Gasteiger partial charge in [-0.25, -0.2) is 4.98 Å². The van der Waals surface area contributed by atoms with E-state index in [2.05, 4.69) is 31.0 Å². The van der Waals surface area contributed by atoms with Crippen molar-refractivity contribution in [3.05, 3.63) is 41.7 Å². The molecule has 0 amide bonds. The monoisotopic (exact) mass is 276 g/mol. The van der Waals surface area contributed by atoms with Crippen LogP contribution in [-0.2, 0) is 7.05 Å². The standard InChI is InChI=1S/C15H20N2OS/c1-12-5-6-14(11-13(12)2)18-9-4-10-19-15-16-7-8-17(15)3/h5-8,11H,4,9-10H2,1-3H3. The molecule has 0 fully saturated rings. The van der Waals surface area contributed by atoms with Crippen molar-refractivity contribution in [2.75, 3.05) is 12.4 Å². The molecule has 4 heteroatoms. The molecule has 0 unspecified atom stereocenters. The lowest BCUT2D eigenvalue weighted by molar-refractivity contribution is 0.318. The summed E-state index contributed by atoms with van der Waals surface area (Å²) < 4.78 is 7.79. The molecule has 1 heterocycles. The van der Waals surface area contributed by atoms with E-state index in [-0.39, 0.29) is 0 Å². The summed E-state index contributed by atoms with van der Waals surface area (Å²) in [6.45, 7) is 4.97. The van der Waals surface area contributed by atoms with Crippen LogP contribution in [0.25, 0.3) is 0 Å². The summed E-state index contributed by atoms with van der Waals surface area (Å²) >= 11 is 1.77. The first-order chi connectivity index (χ1) is 9.16. The lowest BCUT2D eigenvalue weighted by Crippen LogP contribution is -2.00. The second kappa shape index (κ2) is 6.66. The van der Waals surface area contributed by atoms with E-state index in [1.165, 1.54) is 11.1 Å². The number of thioether (sulfide) groups is 1. The van der Waals surface area contributed by atoms with Gasteiger partial charge in [-0.05, 0) is 43.5 Å². The third-order valence-corrected chi connectivity index (χ3v) is 4.19. The fourth-order valence-electron chi connectivity index (χ4n) is 1.71. The highest BCUT2D eigenvalue weighted by Crippen LogP contribution is 2.18. The van der Waals surface area contributed by atoms with Gasteiger partial charge < -0.3 is 9.30 Å². The van der Waals surface area contributed by atoms with Crippen molar-refractivity contribution in [1.82, 2.24) is 9.55 Å². The van der Waals surface area contributed by atoms with Crippen molar-refractivity contribution in [3.8, 4) is 5.75 Å². The number of aryl methyl sites for hydroxylation is 3. The van der Waals surface area contributed by atoms with Crippen LogP contribution in [0, 0.1) is 13.8 Å². The summed E-state index contributed by atoms with van der Waals surface area (Å²) in [6.07, 6.45) is 4.81. The Morgan fingerprint density at radius 2 is 2.11 bits per heavy atom. The second-order valence-electron chi connectivity index (χ2n) is 4.62. The van der Waals surface area contributed by atoms with E-state index in [0.29, 0.717) is 0 Å². The molecule has 0 saturated heterocycles. The zero-order valence-corrected chi connectivity index (χ0v) is 12.5. The van der Waals surface area contributed by atoms with E-state index in [9.17, 15) is 0 Å². The maximum Gasteiger partial charge on any atom is 0.167 e. The number of hydrogen-bond acceptors (Lipinski definition) is 3. The average Bonchev–Trinajstić information content (AvgIpc) is 2.79. The van der Waals surface area contributed by atoms with Crippen LogP contribution in [0.4, 0.5) is 0 Å². The largest absolute Gasteiger partial charge is 0.494 e. The summed E-state index contributed by atoms with van der Waals surface area (Å²) in [7, 11) is 2.01. The fourth-order valence-corrected chi connectivity index (χ4v) is 2.55. The molecule has 0 N–H and O–H groups in total. The predicted octanol–water partition coefficient (Wildman–Crippen LogP) is 3.60. The molecule has 1 aromatic heterocycles. The third-order valence-electron chi connectivity index (χ3n) is 3.04. The van der Waals surface area contributed by atoms with Gasteiger partial charge in [-0.15, -0.1) is 0 Å². The summed E-state index contributed by atoms with van der Waals surface area (Å²) in [6, 6.07) is 6.24. The first-order valence-corrected chi connectivity index (χ1v) is 7.45. The van der Waals surface area contributed by atoms with Crippen LogP contribution in [0.15, 0.2) is 35.7 Å². The Balaban J connectivity index is 1.69. The van der Waals surface area contributed by atoms with Crippen molar-refractivity contribution in [2.24, 2.45) is 7.05 Å². The quantitative estimate of drug-likeness (QED) is 0.596. The summed E-state index contributed by atoms with van der Waals surface area (Å²) in [5, 5.41) is 1.06. The number of nitrogens with zero attached hydrogens (tertiary/aromatic N) is 2. The van der Waals surface area contributed by atoms with Crippen molar-refractivity contribution in [1.29, 1.82) is 0 Å². The number of rotatable bonds is 6. The molecule has 2 rings (SSSR count). The minimum Gasteiger partial charge on any atom is -0.494 e. The molecule has 0 bridgehead atoms. The van der Waals surface area contributed by atoms with Crippen molar-refractivity contribution >= 4 is 11.8 Å². The lowest BCUT2D eigenvalue weighted by atomic mass is 10.1. The van der Waals surface area contributed by atoms with Crippen LogP contribution >= 0.6 is 11.8 Å². The summed E-state index contributed by atoms with van der Waals surface area (Å²) in [4.78, 5) is 4.28. The molecule has 0 radical (unpaired) electrons. The molecule has 0 saturated carbocycles. The second-order valence-corrected chi connectivity index (χ2v) is 5.68. The van der Waals surface area contributed by atoms with Crippen LogP contribution in [0.2, 0.25) is 0 Å². The van der Waals surface area contributed by atoms with Crippen molar-refractivity contribution < 1.29 is 4.74 Å². The Bertz CT molecular complexity index is 537. The fraction of sp³-hybridized carbons (Fsp3) is 0.400. The van der Waals surface area contributed by atoms with Gasteiger partial charge in [0.05, 0.1) is 6.61 Å². The van der Waals surface area contributed by atoms with E-state index in [1.807, 2.05) is 30.1 Å². The van der Waals surface area contributed by atoms with E-state index < -0.39 is 0 Å². The Hall–Kier alpha value is -1.42. The highest BCUT2D eigenvalue weighted by molar-refractivity contribution is 7.99. The van der Waals surface area contributed by atoms with Gasteiger partial charge >= 0.3 is 0 Å². The lowest BCUT2D eigenvalue weighted by Gasteiger charge is -2.08. The Morgan fingerprint density at radius 3 is 2.79 bits per heavy atom. The van der Waals surface area contributed by atoms with Crippen molar-refractivity contribution in [2.45, 2.75) is 25.4 Å². The smallest absolute Gasteiger partial charge is 0.167 e. The van der Waals surface area contributed by atoms with E-state index >= 15 is 0 Å².